The molecule has 0 saturated carbocycles. The Bertz CT molecular complexity index is 832. The van der Waals surface area contributed by atoms with Crippen LogP contribution in [0.3, 0.4) is 0 Å². The number of anilines is 3. The Morgan fingerprint density at radius 1 is 0.897 bits per heavy atom. The predicted octanol–water partition coefficient (Wildman–Crippen LogP) is 3.54. The maximum absolute atomic E-state index is 12.5. The molecular formula is C22H29N3O4. The highest BCUT2D eigenvalue weighted by Crippen LogP contribution is 2.29. The summed E-state index contributed by atoms with van der Waals surface area (Å²) < 4.78 is 10.4. The van der Waals surface area contributed by atoms with Gasteiger partial charge < -0.3 is 24.6 Å². The van der Waals surface area contributed by atoms with Crippen molar-refractivity contribution >= 4 is 28.9 Å². The zero-order valence-electron chi connectivity index (χ0n) is 17.7. The minimum Gasteiger partial charge on any atom is -0.493 e. The first-order valence-corrected chi connectivity index (χ1v) is 9.58. The number of nitrogens with one attached hydrogen (secondary N) is 1. The van der Waals surface area contributed by atoms with Crippen LogP contribution in [0.5, 0.6) is 11.5 Å². The summed E-state index contributed by atoms with van der Waals surface area (Å²) in [6.45, 7) is 7.35. The maximum Gasteiger partial charge on any atom is 0.244 e. The summed E-state index contributed by atoms with van der Waals surface area (Å²) in [5.74, 6) is 0.577. The Kier molecular flexibility index (Phi) is 7.88. The number of hydrogen-bond donors (Lipinski definition) is 1. The Labute approximate surface area is 172 Å². The van der Waals surface area contributed by atoms with E-state index in [-0.39, 0.29) is 18.4 Å². The summed E-state index contributed by atoms with van der Waals surface area (Å²) in [7, 11) is 3.08. The second kappa shape index (κ2) is 10.4. The lowest BCUT2D eigenvalue weighted by molar-refractivity contribution is -0.120. The summed E-state index contributed by atoms with van der Waals surface area (Å²) in [5, 5.41) is 2.79. The van der Waals surface area contributed by atoms with Gasteiger partial charge >= 0.3 is 0 Å². The molecule has 0 heterocycles. The summed E-state index contributed by atoms with van der Waals surface area (Å²) in [6, 6.07) is 12.7. The van der Waals surface area contributed by atoms with Gasteiger partial charge in [-0.05, 0) is 50.2 Å². The molecule has 0 aliphatic rings. The van der Waals surface area contributed by atoms with Crippen LogP contribution in [0.4, 0.5) is 17.1 Å². The molecule has 1 N–H and O–H groups in total. The van der Waals surface area contributed by atoms with E-state index < -0.39 is 0 Å². The molecule has 2 amide bonds. The average Bonchev–Trinajstić information content (AvgIpc) is 2.73. The lowest BCUT2D eigenvalue weighted by Gasteiger charge is -2.24. The van der Waals surface area contributed by atoms with E-state index in [0.29, 0.717) is 22.9 Å². The topological polar surface area (TPSA) is 71.1 Å². The molecule has 0 aliphatic heterocycles. The maximum atomic E-state index is 12.5. The smallest absolute Gasteiger partial charge is 0.244 e. The van der Waals surface area contributed by atoms with Gasteiger partial charge in [0.1, 0.15) is 6.54 Å². The normalized spacial score (nSPS) is 10.2. The third-order valence-corrected chi connectivity index (χ3v) is 4.64. The van der Waals surface area contributed by atoms with Crippen molar-refractivity contribution in [3.63, 3.8) is 0 Å². The van der Waals surface area contributed by atoms with E-state index in [1.54, 1.807) is 25.3 Å². The minimum atomic E-state index is -0.305. The summed E-state index contributed by atoms with van der Waals surface area (Å²) in [6.07, 6.45) is 0. The average molecular weight is 399 g/mol. The fourth-order valence-electron chi connectivity index (χ4n) is 3.07. The van der Waals surface area contributed by atoms with Crippen LogP contribution >= 0.6 is 0 Å². The SMILES string of the molecule is CCN(CC)c1ccc(N(CC(=O)Nc2ccc(OC)c(OC)c2)C(C)=O)cc1. The van der Waals surface area contributed by atoms with E-state index >= 15 is 0 Å². The molecule has 0 bridgehead atoms. The Balaban J connectivity index is 2.12. The monoisotopic (exact) mass is 399 g/mol. The van der Waals surface area contributed by atoms with Gasteiger partial charge in [0, 0.05) is 43.1 Å². The van der Waals surface area contributed by atoms with Crippen molar-refractivity contribution in [2.24, 2.45) is 0 Å². The highest BCUT2D eigenvalue weighted by Gasteiger charge is 2.17. The largest absolute Gasteiger partial charge is 0.493 e. The lowest BCUT2D eigenvalue weighted by atomic mass is 10.2. The second-order valence-corrected chi connectivity index (χ2v) is 6.41. The Morgan fingerprint density at radius 3 is 2.00 bits per heavy atom. The molecule has 0 unspecified atom stereocenters. The first-order valence-electron chi connectivity index (χ1n) is 9.58. The highest BCUT2D eigenvalue weighted by molar-refractivity contribution is 6.02. The number of amides is 2. The number of benzene rings is 2. The molecule has 0 fully saturated rings. The number of ether oxygens (including phenoxy) is 2. The first kappa shape index (κ1) is 22.1. The molecule has 0 spiro atoms. The summed E-state index contributed by atoms with van der Waals surface area (Å²) in [5.41, 5.74) is 2.32. The van der Waals surface area contributed by atoms with Crippen LogP contribution in [0.1, 0.15) is 20.8 Å². The van der Waals surface area contributed by atoms with Gasteiger partial charge in [0.25, 0.3) is 0 Å². The Morgan fingerprint density at radius 2 is 1.48 bits per heavy atom. The van der Waals surface area contributed by atoms with Gasteiger partial charge in [0.05, 0.1) is 14.2 Å². The van der Waals surface area contributed by atoms with Gasteiger partial charge in [-0.3, -0.25) is 9.59 Å². The number of rotatable bonds is 9. The van der Waals surface area contributed by atoms with Crippen molar-refractivity contribution in [3.8, 4) is 11.5 Å². The van der Waals surface area contributed by atoms with Gasteiger partial charge in [0.2, 0.25) is 11.8 Å². The van der Waals surface area contributed by atoms with Crippen LogP contribution in [0.25, 0.3) is 0 Å². The third kappa shape index (κ3) is 5.63. The van der Waals surface area contributed by atoms with E-state index in [9.17, 15) is 9.59 Å². The van der Waals surface area contributed by atoms with Gasteiger partial charge in [-0.25, -0.2) is 0 Å². The standard InChI is InChI=1S/C22H29N3O4/c1-6-24(7-2)18-9-11-19(12-10-18)25(16(3)26)15-22(27)23-17-8-13-20(28-4)21(14-17)29-5/h8-14H,6-7,15H2,1-5H3,(H,23,27). The van der Waals surface area contributed by atoms with E-state index in [2.05, 4.69) is 24.1 Å². The molecule has 7 heteroatoms. The lowest BCUT2D eigenvalue weighted by Crippen LogP contribution is -2.36. The number of nitrogens with zero attached hydrogens (tertiary/aromatic N) is 2. The molecule has 2 rings (SSSR count). The molecule has 0 radical (unpaired) electrons. The molecular weight excluding hydrogens is 370 g/mol. The van der Waals surface area contributed by atoms with Crippen LogP contribution in [0.2, 0.25) is 0 Å². The zero-order chi connectivity index (χ0) is 21.4. The molecule has 0 saturated heterocycles. The summed E-state index contributed by atoms with van der Waals surface area (Å²) >= 11 is 0. The van der Waals surface area contributed by atoms with Crippen LogP contribution in [0, 0.1) is 0 Å². The first-order chi connectivity index (χ1) is 13.9. The third-order valence-electron chi connectivity index (χ3n) is 4.64. The van der Waals surface area contributed by atoms with Crippen LogP contribution in [-0.2, 0) is 9.59 Å². The number of hydrogen-bond acceptors (Lipinski definition) is 5. The van der Waals surface area contributed by atoms with Crippen molar-refractivity contribution < 1.29 is 19.1 Å². The second-order valence-electron chi connectivity index (χ2n) is 6.41. The van der Waals surface area contributed by atoms with Crippen molar-refractivity contribution in [1.82, 2.24) is 0 Å². The van der Waals surface area contributed by atoms with Gasteiger partial charge in [0.15, 0.2) is 11.5 Å². The van der Waals surface area contributed by atoms with Crippen molar-refractivity contribution in [2.75, 3.05) is 49.0 Å². The van der Waals surface area contributed by atoms with Gasteiger partial charge in [-0.15, -0.1) is 0 Å². The van der Waals surface area contributed by atoms with E-state index in [1.807, 2.05) is 24.3 Å². The quantitative estimate of drug-likeness (QED) is 0.698. The van der Waals surface area contributed by atoms with Gasteiger partial charge in [-0.2, -0.15) is 0 Å². The highest BCUT2D eigenvalue weighted by atomic mass is 16.5. The minimum absolute atomic E-state index is 0.0890. The fraction of sp³-hybridized carbons (Fsp3) is 0.364. The summed E-state index contributed by atoms with van der Waals surface area (Å²) in [4.78, 5) is 28.3. The molecule has 0 aliphatic carbocycles. The fourth-order valence-corrected chi connectivity index (χ4v) is 3.07. The van der Waals surface area contributed by atoms with E-state index in [1.165, 1.54) is 18.9 Å². The van der Waals surface area contributed by atoms with E-state index in [0.717, 1.165) is 18.8 Å². The van der Waals surface area contributed by atoms with Gasteiger partial charge in [-0.1, -0.05) is 0 Å². The molecule has 2 aromatic carbocycles. The molecule has 7 nitrogen and oxygen atoms in total. The Hall–Kier alpha value is -3.22. The molecule has 29 heavy (non-hydrogen) atoms. The van der Waals surface area contributed by atoms with Crippen LogP contribution < -0.4 is 24.6 Å². The number of methoxy groups -OCH3 is 2. The molecule has 0 aromatic heterocycles. The predicted molar refractivity (Wildman–Crippen MR) is 116 cm³/mol. The van der Waals surface area contributed by atoms with E-state index in [4.69, 9.17) is 9.47 Å². The zero-order valence-corrected chi connectivity index (χ0v) is 17.7. The van der Waals surface area contributed by atoms with Crippen LogP contribution in [0.15, 0.2) is 42.5 Å². The van der Waals surface area contributed by atoms with Crippen molar-refractivity contribution in [3.05, 3.63) is 42.5 Å². The number of carbonyl (C=O) groups excluding carboxylic acids is 2. The number of carbonyl (C=O) groups is 2. The van der Waals surface area contributed by atoms with Crippen LogP contribution in [-0.4, -0.2) is 45.7 Å². The molecule has 2 aromatic rings. The van der Waals surface area contributed by atoms with Crippen molar-refractivity contribution in [1.29, 1.82) is 0 Å². The van der Waals surface area contributed by atoms with Crippen molar-refractivity contribution in [2.45, 2.75) is 20.8 Å². The molecule has 156 valence electrons. The molecule has 0 atom stereocenters.